The second kappa shape index (κ2) is 8.62. The highest BCUT2D eigenvalue weighted by Crippen LogP contribution is 2.30. The van der Waals surface area contributed by atoms with E-state index in [1.165, 1.54) is 0 Å². The first-order valence-corrected chi connectivity index (χ1v) is 7.95. The van der Waals surface area contributed by atoms with E-state index in [1.54, 1.807) is 0 Å². The molecule has 0 bridgehead atoms. The van der Waals surface area contributed by atoms with Crippen LogP contribution in [0.2, 0.25) is 0 Å². The maximum Gasteiger partial charge on any atom is 0.336 e. The zero-order valence-electron chi connectivity index (χ0n) is 14.3. The molecule has 7 N–H and O–H groups in total. The van der Waals surface area contributed by atoms with Gasteiger partial charge < -0.3 is 54.7 Å². The van der Waals surface area contributed by atoms with Gasteiger partial charge in [-0.25, -0.2) is 9.59 Å². The van der Waals surface area contributed by atoms with E-state index in [2.05, 4.69) is 9.47 Å². The fourth-order valence-electron chi connectivity index (χ4n) is 2.84. The van der Waals surface area contributed by atoms with Gasteiger partial charge >= 0.3 is 17.9 Å². The number of aliphatic carboxylic acids is 2. The average molecular weight is 412 g/mol. The van der Waals surface area contributed by atoms with E-state index in [9.17, 15) is 45.0 Å². The fraction of sp³-hybridized carbons (Fsp3) is 0.786. The molecule has 10 atom stereocenters. The van der Waals surface area contributed by atoms with E-state index < -0.39 is 79.3 Å². The third-order valence-corrected chi connectivity index (χ3v) is 4.19. The largest absolute Gasteiger partial charge is 0.479 e. The summed E-state index contributed by atoms with van der Waals surface area (Å²) in [6.07, 6.45) is -19.9. The molecule has 2 saturated heterocycles. The summed E-state index contributed by atoms with van der Waals surface area (Å²) < 4.78 is 19.2. The Morgan fingerprint density at radius 1 is 0.750 bits per heavy atom. The van der Waals surface area contributed by atoms with Crippen molar-refractivity contribution in [1.82, 2.24) is 0 Å². The molecule has 2 fully saturated rings. The topological polar surface area (TPSA) is 230 Å². The molecule has 0 aromatic carbocycles. The van der Waals surface area contributed by atoms with Gasteiger partial charge in [0.15, 0.2) is 30.9 Å². The van der Waals surface area contributed by atoms with Gasteiger partial charge in [-0.1, -0.05) is 0 Å². The monoisotopic (exact) mass is 412 g/mol. The minimum atomic E-state index is -2.09. The van der Waals surface area contributed by atoms with E-state index in [0.717, 1.165) is 6.92 Å². The Morgan fingerprint density at radius 2 is 1.32 bits per heavy atom. The molecule has 28 heavy (non-hydrogen) atoms. The lowest BCUT2D eigenvalue weighted by atomic mass is 9.96. The van der Waals surface area contributed by atoms with Gasteiger partial charge in [-0.3, -0.25) is 4.79 Å². The van der Waals surface area contributed by atoms with Crippen LogP contribution in [0.25, 0.3) is 0 Å². The molecular weight excluding hydrogens is 392 g/mol. The second-order valence-corrected chi connectivity index (χ2v) is 6.19. The molecule has 160 valence electrons. The maximum absolute atomic E-state index is 11.4. The number of hydrogen-bond donors (Lipinski definition) is 7. The summed E-state index contributed by atoms with van der Waals surface area (Å²) in [7, 11) is 0. The summed E-state index contributed by atoms with van der Waals surface area (Å²) in [5, 5.41) is 67.9. The molecule has 2 aliphatic rings. The van der Waals surface area contributed by atoms with E-state index in [4.69, 9.17) is 14.6 Å². The van der Waals surface area contributed by atoms with Crippen LogP contribution in [-0.4, -0.2) is 115 Å². The van der Waals surface area contributed by atoms with Crippen LogP contribution in [0, 0.1) is 0 Å². The van der Waals surface area contributed by atoms with Crippen molar-refractivity contribution in [3.05, 3.63) is 0 Å². The molecular formula is C14H20O14. The first kappa shape index (κ1) is 22.4. The van der Waals surface area contributed by atoms with Crippen molar-refractivity contribution in [2.45, 2.75) is 68.3 Å². The van der Waals surface area contributed by atoms with Crippen LogP contribution < -0.4 is 0 Å². The smallest absolute Gasteiger partial charge is 0.336 e. The number of carboxylic acid groups (broad SMARTS) is 2. The van der Waals surface area contributed by atoms with Crippen LogP contribution in [0.1, 0.15) is 6.92 Å². The minimum absolute atomic E-state index is 0.933. The molecule has 2 rings (SSSR count). The van der Waals surface area contributed by atoms with Crippen molar-refractivity contribution in [3.8, 4) is 0 Å². The molecule has 0 aromatic heterocycles. The summed E-state index contributed by atoms with van der Waals surface area (Å²) in [6.45, 7) is 0.933. The number of carbonyl (C=O) groups excluding carboxylic acids is 1. The molecule has 14 heteroatoms. The molecule has 2 heterocycles. The summed E-state index contributed by atoms with van der Waals surface area (Å²) in [6, 6.07) is 0. The van der Waals surface area contributed by atoms with Crippen LogP contribution in [0.15, 0.2) is 0 Å². The van der Waals surface area contributed by atoms with Crippen LogP contribution in [-0.2, 0) is 33.3 Å². The molecule has 0 saturated carbocycles. The van der Waals surface area contributed by atoms with Crippen LogP contribution >= 0.6 is 0 Å². The van der Waals surface area contributed by atoms with E-state index in [1.807, 2.05) is 0 Å². The Kier molecular flexibility index (Phi) is 6.89. The molecule has 0 unspecified atom stereocenters. The van der Waals surface area contributed by atoms with Crippen LogP contribution in [0.3, 0.4) is 0 Å². The van der Waals surface area contributed by atoms with Gasteiger partial charge in [-0.2, -0.15) is 0 Å². The Labute approximate surface area is 156 Å². The number of aliphatic hydroxyl groups excluding tert-OH is 5. The average Bonchev–Trinajstić information content (AvgIpc) is 2.59. The molecule has 0 spiro atoms. The zero-order chi connectivity index (χ0) is 21.3. The lowest BCUT2D eigenvalue weighted by Gasteiger charge is -2.44. The SMILES string of the molecule is CC(=O)O[C@@H]1[C@H](O)[C@@H](O)[C@@H](O[C@@H]2[C@@H](O)[C@H](O)O[C@H](C(=O)O)[C@@H]2O)O[C@@H]1C(=O)O. The number of carbonyl (C=O) groups is 3. The summed E-state index contributed by atoms with van der Waals surface area (Å²) in [4.78, 5) is 33.5. The Bertz CT molecular complexity index is 609. The Hall–Kier alpha value is -1.91. The van der Waals surface area contributed by atoms with Crippen molar-refractivity contribution in [1.29, 1.82) is 0 Å². The lowest BCUT2D eigenvalue weighted by molar-refractivity contribution is -0.348. The molecule has 14 nitrogen and oxygen atoms in total. The standard InChI is InChI=1S/C14H20O14/c1-2(15)25-8-3(16)4(17)14(28-10(8)12(22)23)27-7-5(18)9(11(20)21)26-13(24)6(7)19/h3-10,13-14,16-19,24H,1H3,(H,20,21)(H,22,23)/t3-,4-,5-,6-,7+,8-,9+,10+,13-,14+/m1/s1. The lowest BCUT2D eigenvalue weighted by Crippen LogP contribution is -2.65. The number of aliphatic hydroxyl groups is 5. The van der Waals surface area contributed by atoms with Crippen LogP contribution in [0.4, 0.5) is 0 Å². The molecule has 0 aliphatic carbocycles. The summed E-state index contributed by atoms with van der Waals surface area (Å²) in [5.74, 6) is -4.36. The molecule has 0 amide bonds. The third-order valence-electron chi connectivity index (χ3n) is 4.19. The number of esters is 1. The number of ether oxygens (including phenoxy) is 4. The van der Waals surface area contributed by atoms with Crippen molar-refractivity contribution in [2.24, 2.45) is 0 Å². The van der Waals surface area contributed by atoms with Crippen LogP contribution in [0.5, 0.6) is 0 Å². The number of carboxylic acids is 2. The van der Waals surface area contributed by atoms with Gasteiger partial charge in [0, 0.05) is 6.92 Å². The highest BCUT2D eigenvalue weighted by Gasteiger charge is 2.54. The Morgan fingerprint density at radius 3 is 1.82 bits per heavy atom. The van der Waals surface area contributed by atoms with Crippen molar-refractivity contribution in [3.63, 3.8) is 0 Å². The molecule has 0 radical (unpaired) electrons. The van der Waals surface area contributed by atoms with E-state index in [-0.39, 0.29) is 0 Å². The third kappa shape index (κ3) is 4.39. The van der Waals surface area contributed by atoms with Gasteiger partial charge in [0.25, 0.3) is 0 Å². The maximum atomic E-state index is 11.4. The minimum Gasteiger partial charge on any atom is -0.479 e. The number of rotatable bonds is 5. The van der Waals surface area contributed by atoms with Crippen molar-refractivity contribution >= 4 is 17.9 Å². The quantitative estimate of drug-likeness (QED) is 0.211. The zero-order valence-corrected chi connectivity index (χ0v) is 14.3. The van der Waals surface area contributed by atoms with Crippen molar-refractivity contribution in [2.75, 3.05) is 0 Å². The molecule has 2 aliphatic heterocycles. The fourth-order valence-corrected chi connectivity index (χ4v) is 2.84. The highest BCUT2D eigenvalue weighted by molar-refractivity contribution is 5.75. The summed E-state index contributed by atoms with van der Waals surface area (Å²) >= 11 is 0. The van der Waals surface area contributed by atoms with Gasteiger partial charge in [0.1, 0.15) is 30.5 Å². The van der Waals surface area contributed by atoms with Gasteiger partial charge in [0.2, 0.25) is 0 Å². The van der Waals surface area contributed by atoms with Gasteiger partial charge in [-0.15, -0.1) is 0 Å². The Balaban J connectivity index is 2.23. The number of hydrogen-bond acceptors (Lipinski definition) is 12. The van der Waals surface area contributed by atoms with Crippen molar-refractivity contribution < 1.29 is 69.1 Å². The van der Waals surface area contributed by atoms with Gasteiger partial charge in [-0.05, 0) is 0 Å². The highest BCUT2D eigenvalue weighted by atomic mass is 16.7. The predicted molar refractivity (Wildman–Crippen MR) is 79.3 cm³/mol. The summed E-state index contributed by atoms with van der Waals surface area (Å²) in [5.41, 5.74) is 0. The van der Waals surface area contributed by atoms with E-state index >= 15 is 0 Å². The predicted octanol–water partition coefficient (Wildman–Crippen LogP) is -4.64. The van der Waals surface area contributed by atoms with E-state index in [0.29, 0.717) is 0 Å². The first-order valence-electron chi connectivity index (χ1n) is 7.95. The molecule has 0 aromatic rings. The first-order chi connectivity index (χ1) is 13.0. The normalized spacial score (nSPS) is 43.9. The second-order valence-electron chi connectivity index (χ2n) is 6.19. The van der Waals surface area contributed by atoms with Gasteiger partial charge in [0.05, 0.1) is 0 Å².